The molecule has 106 valence electrons. The van der Waals surface area contributed by atoms with Crippen LogP contribution in [-0.4, -0.2) is 11.6 Å². The van der Waals surface area contributed by atoms with Crippen LogP contribution in [0.2, 0.25) is 0 Å². The lowest BCUT2D eigenvalue weighted by Gasteiger charge is -2.21. The van der Waals surface area contributed by atoms with Gasteiger partial charge in [-0.3, -0.25) is 4.79 Å². The highest BCUT2D eigenvalue weighted by molar-refractivity contribution is 5.95. The van der Waals surface area contributed by atoms with Gasteiger partial charge in [-0.05, 0) is 50.2 Å². The van der Waals surface area contributed by atoms with Crippen LogP contribution >= 0.6 is 0 Å². The van der Waals surface area contributed by atoms with E-state index < -0.39 is 11.7 Å². The van der Waals surface area contributed by atoms with E-state index in [4.69, 9.17) is 0 Å². The first-order valence-corrected chi connectivity index (χ1v) is 7.24. The number of carbonyl (C=O) groups excluding carboxylic acids is 1. The van der Waals surface area contributed by atoms with E-state index in [1.807, 2.05) is 6.92 Å². The maximum Gasteiger partial charge on any atom is 0.274 e. The number of rotatable bonds is 3. The molecule has 1 amide bonds. The molecular weight excluding hydrogens is 255 g/mol. The molecule has 0 heterocycles. The molecule has 1 aromatic rings. The molecule has 0 aliphatic heterocycles. The normalized spacial score (nSPS) is 28.7. The SMILES string of the molecule is C/C(=N\NC(=O)c1ccccc1F)C1CC2CCC1C2. The van der Waals surface area contributed by atoms with Gasteiger partial charge in [0.25, 0.3) is 5.91 Å². The number of amides is 1. The summed E-state index contributed by atoms with van der Waals surface area (Å²) in [5.74, 6) is 1.07. The van der Waals surface area contributed by atoms with Crippen molar-refractivity contribution < 1.29 is 9.18 Å². The summed E-state index contributed by atoms with van der Waals surface area (Å²) in [5, 5.41) is 4.19. The lowest BCUT2D eigenvalue weighted by molar-refractivity contribution is 0.0950. The van der Waals surface area contributed by atoms with Crippen LogP contribution in [0.1, 0.15) is 43.0 Å². The minimum Gasteiger partial charge on any atom is -0.267 e. The van der Waals surface area contributed by atoms with Gasteiger partial charge >= 0.3 is 0 Å². The van der Waals surface area contributed by atoms with E-state index in [2.05, 4.69) is 10.5 Å². The molecule has 3 rings (SSSR count). The van der Waals surface area contributed by atoms with Crippen molar-refractivity contribution in [3.05, 3.63) is 35.6 Å². The van der Waals surface area contributed by atoms with Gasteiger partial charge in [-0.2, -0.15) is 5.10 Å². The maximum absolute atomic E-state index is 13.5. The predicted molar refractivity (Wildman–Crippen MR) is 75.9 cm³/mol. The van der Waals surface area contributed by atoms with Crippen molar-refractivity contribution in [2.45, 2.75) is 32.6 Å². The summed E-state index contributed by atoms with van der Waals surface area (Å²) in [6.45, 7) is 1.97. The van der Waals surface area contributed by atoms with Crippen molar-refractivity contribution in [1.82, 2.24) is 5.43 Å². The van der Waals surface area contributed by atoms with Crippen molar-refractivity contribution >= 4 is 11.6 Å². The van der Waals surface area contributed by atoms with Gasteiger partial charge in [-0.25, -0.2) is 9.82 Å². The Labute approximate surface area is 118 Å². The van der Waals surface area contributed by atoms with Crippen LogP contribution in [0.5, 0.6) is 0 Å². The maximum atomic E-state index is 13.5. The summed E-state index contributed by atoms with van der Waals surface area (Å²) in [6.07, 6.45) is 5.12. The Morgan fingerprint density at radius 3 is 2.75 bits per heavy atom. The van der Waals surface area contributed by atoms with Gasteiger partial charge in [0.15, 0.2) is 0 Å². The molecule has 0 aromatic heterocycles. The lowest BCUT2D eigenvalue weighted by atomic mass is 9.86. The van der Waals surface area contributed by atoms with Gasteiger partial charge in [0.1, 0.15) is 5.82 Å². The number of nitrogens with zero attached hydrogens (tertiary/aromatic N) is 1. The summed E-state index contributed by atoms with van der Waals surface area (Å²) in [7, 11) is 0. The van der Waals surface area contributed by atoms with E-state index in [1.54, 1.807) is 12.1 Å². The molecule has 2 aliphatic rings. The second kappa shape index (κ2) is 5.35. The smallest absolute Gasteiger partial charge is 0.267 e. The lowest BCUT2D eigenvalue weighted by Crippen LogP contribution is -2.25. The van der Waals surface area contributed by atoms with Crippen LogP contribution in [0, 0.1) is 23.6 Å². The first-order valence-electron chi connectivity index (χ1n) is 7.24. The monoisotopic (exact) mass is 274 g/mol. The van der Waals surface area contributed by atoms with Crippen molar-refractivity contribution in [2.75, 3.05) is 0 Å². The van der Waals surface area contributed by atoms with Crippen LogP contribution in [0.25, 0.3) is 0 Å². The predicted octanol–water partition coefficient (Wildman–Crippen LogP) is 3.37. The third-order valence-electron chi connectivity index (χ3n) is 4.73. The Balaban J connectivity index is 1.65. The summed E-state index contributed by atoms with van der Waals surface area (Å²) < 4.78 is 13.5. The molecule has 0 saturated heterocycles. The van der Waals surface area contributed by atoms with Crippen molar-refractivity contribution in [3.63, 3.8) is 0 Å². The average Bonchev–Trinajstić information content (AvgIpc) is 3.07. The first-order chi connectivity index (χ1) is 9.65. The average molecular weight is 274 g/mol. The zero-order valence-electron chi connectivity index (χ0n) is 11.6. The highest BCUT2D eigenvalue weighted by atomic mass is 19.1. The Morgan fingerprint density at radius 1 is 1.30 bits per heavy atom. The Bertz CT molecular complexity index is 555. The van der Waals surface area contributed by atoms with Crippen LogP contribution in [0.3, 0.4) is 0 Å². The molecule has 3 nitrogen and oxygen atoms in total. The van der Waals surface area contributed by atoms with E-state index in [1.165, 1.54) is 37.8 Å². The Kier molecular flexibility index (Phi) is 3.55. The third kappa shape index (κ3) is 2.47. The largest absolute Gasteiger partial charge is 0.274 e. The number of hydrogen-bond acceptors (Lipinski definition) is 2. The molecule has 0 spiro atoms. The highest BCUT2D eigenvalue weighted by Crippen LogP contribution is 2.48. The molecule has 1 aromatic carbocycles. The van der Waals surface area contributed by atoms with E-state index >= 15 is 0 Å². The van der Waals surface area contributed by atoms with Gasteiger partial charge in [0.2, 0.25) is 0 Å². The van der Waals surface area contributed by atoms with Gasteiger partial charge in [-0.1, -0.05) is 18.6 Å². The van der Waals surface area contributed by atoms with Crippen LogP contribution in [0.15, 0.2) is 29.4 Å². The second-order valence-electron chi connectivity index (χ2n) is 5.96. The molecule has 3 unspecified atom stereocenters. The minimum absolute atomic E-state index is 0.0389. The summed E-state index contributed by atoms with van der Waals surface area (Å²) in [6, 6.07) is 5.95. The first kappa shape index (κ1) is 13.3. The third-order valence-corrected chi connectivity index (χ3v) is 4.73. The second-order valence-corrected chi connectivity index (χ2v) is 5.96. The van der Waals surface area contributed by atoms with E-state index in [0.29, 0.717) is 5.92 Å². The molecule has 2 fully saturated rings. The van der Waals surface area contributed by atoms with E-state index in [0.717, 1.165) is 17.5 Å². The number of hydrazone groups is 1. The standard InChI is InChI=1S/C16H19FN2O/c1-10(14-9-11-6-7-12(14)8-11)18-19-16(20)13-4-2-3-5-15(13)17/h2-5,11-12,14H,6-9H2,1H3,(H,19,20)/b18-10+. The van der Waals surface area contributed by atoms with Crippen molar-refractivity contribution in [3.8, 4) is 0 Å². The van der Waals surface area contributed by atoms with Gasteiger partial charge in [0.05, 0.1) is 5.56 Å². The summed E-state index contributed by atoms with van der Waals surface area (Å²) in [4.78, 5) is 11.9. The number of halogens is 1. The van der Waals surface area contributed by atoms with E-state index in [9.17, 15) is 9.18 Å². The molecule has 1 N–H and O–H groups in total. The van der Waals surface area contributed by atoms with Crippen LogP contribution < -0.4 is 5.43 Å². The Morgan fingerprint density at radius 2 is 2.10 bits per heavy atom. The number of benzene rings is 1. The Hall–Kier alpha value is -1.71. The zero-order valence-corrected chi connectivity index (χ0v) is 11.6. The molecule has 20 heavy (non-hydrogen) atoms. The number of hydrogen-bond donors (Lipinski definition) is 1. The number of carbonyl (C=O) groups is 1. The fourth-order valence-corrected chi connectivity index (χ4v) is 3.68. The molecule has 2 saturated carbocycles. The minimum atomic E-state index is -0.516. The summed E-state index contributed by atoms with van der Waals surface area (Å²) in [5.41, 5.74) is 3.50. The molecule has 2 aliphatic carbocycles. The van der Waals surface area contributed by atoms with Gasteiger partial charge < -0.3 is 0 Å². The van der Waals surface area contributed by atoms with Crippen LogP contribution in [-0.2, 0) is 0 Å². The quantitative estimate of drug-likeness (QED) is 0.666. The number of nitrogens with one attached hydrogen (secondary N) is 1. The highest BCUT2D eigenvalue weighted by Gasteiger charge is 2.40. The molecule has 0 radical (unpaired) electrons. The molecule has 3 atom stereocenters. The fraction of sp³-hybridized carbons (Fsp3) is 0.500. The molecular formula is C16H19FN2O. The number of fused-ring (bicyclic) bond motifs is 2. The topological polar surface area (TPSA) is 41.5 Å². The van der Waals surface area contributed by atoms with Crippen LogP contribution in [0.4, 0.5) is 4.39 Å². The van der Waals surface area contributed by atoms with E-state index in [-0.39, 0.29) is 5.56 Å². The van der Waals surface area contributed by atoms with Gasteiger partial charge in [-0.15, -0.1) is 0 Å². The van der Waals surface area contributed by atoms with Gasteiger partial charge in [0, 0.05) is 11.6 Å². The molecule has 2 bridgehead atoms. The van der Waals surface area contributed by atoms with Crippen molar-refractivity contribution in [2.24, 2.45) is 22.9 Å². The van der Waals surface area contributed by atoms with Crippen molar-refractivity contribution in [1.29, 1.82) is 0 Å². The zero-order chi connectivity index (χ0) is 14.1. The fourth-order valence-electron chi connectivity index (χ4n) is 3.68. The molecule has 4 heteroatoms. The summed E-state index contributed by atoms with van der Waals surface area (Å²) >= 11 is 0.